The Labute approximate surface area is 140 Å². The molecule has 0 fully saturated rings. The molecule has 0 unspecified atom stereocenters. The second-order valence-electron chi connectivity index (χ2n) is 5.66. The number of fused-ring (bicyclic) bond motifs is 1. The molecule has 0 N–H and O–H groups in total. The molecule has 0 radical (unpaired) electrons. The van der Waals surface area contributed by atoms with Gasteiger partial charge in [0.25, 0.3) is 0 Å². The monoisotopic (exact) mass is 325 g/mol. The number of likely N-dealkylation sites (N-methyl/N-ethyl adjacent to an activating group) is 1. The largest absolute Gasteiger partial charge is 0.491 e. The molecule has 0 spiro atoms. The van der Waals surface area contributed by atoms with Gasteiger partial charge in [-0.2, -0.15) is 0 Å². The van der Waals surface area contributed by atoms with Gasteiger partial charge in [0.2, 0.25) is 11.8 Å². The summed E-state index contributed by atoms with van der Waals surface area (Å²) in [5, 5.41) is 0. The average molecular weight is 325 g/mol. The molecule has 6 heteroatoms. The van der Waals surface area contributed by atoms with E-state index in [2.05, 4.69) is 4.98 Å². The summed E-state index contributed by atoms with van der Waals surface area (Å²) in [6.07, 6.45) is 3.68. The molecule has 6 nitrogen and oxygen atoms in total. The standard InChI is InChI=1S/C18H19N3O3/c1-20(12-14-5-4-9-19-11-14)18(23)13-21-15-6-2-3-7-16(15)24-10-8-17(21)22/h2-7,9,11H,8,10,12-13H2,1H3. The molecule has 1 aromatic heterocycles. The van der Waals surface area contributed by atoms with Crippen LogP contribution >= 0.6 is 0 Å². The zero-order chi connectivity index (χ0) is 16.9. The maximum absolute atomic E-state index is 12.6. The SMILES string of the molecule is CN(Cc1cccnc1)C(=O)CN1C(=O)CCOc2ccccc21. The number of amides is 2. The minimum atomic E-state index is -0.135. The van der Waals surface area contributed by atoms with Gasteiger partial charge in [0.15, 0.2) is 0 Å². The maximum Gasteiger partial charge on any atom is 0.242 e. The van der Waals surface area contributed by atoms with Gasteiger partial charge in [0, 0.05) is 26.0 Å². The van der Waals surface area contributed by atoms with Gasteiger partial charge in [0.1, 0.15) is 12.3 Å². The number of pyridine rings is 1. The summed E-state index contributed by atoms with van der Waals surface area (Å²) in [7, 11) is 1.72. The van der Waals surface area contributed by atoms with Crippen molar-refractivity contribution in [3.05, 3.63) is 54.4 Å². The summed E-state index contributed by atoms with van der Waals surface area (Å²) in [6.45, 7) is 0.773. The first-order chi connectivity index (χ1) is 11.6. The molecule has 2 amide bonds. The molecule has 3 rings (SSSR count). The normalized spacial score (nSPS) is 13.7. The number of hydrogen-bond acceptors (Lipinski definition) is 4. The van der Waals surface area contributed by atoms with Crippen LogP contribution in [0.1, 0.15) is 12.0 Å². The van der Waals surface area contributed by atoms with Crippen molar-refractivity contribution in [1.82, 2.24) is 9.88 Å². The maximum atomic E-state index is 12.6. The van der Waals surface area contributed by atoms with Crippen molar-refractivity contribution in [2.75, 3.05) is 25.1 Å². The first-order valence-electron chi connectivity index (χ1n) is 7.80. The number of para-hydroxylation sites is 2. The van der Waals surface area contributed by atoms with E-state index in [0.717, 1.165) is 5.56 Å². The number of rotatable bonds is 4. The topological polar surface area (TPSA) is 62.7 Å². The Bertz CT molecular complexity index is 733. The summed E-state index contributed by atoms with van der Waals surface area (Å²) < 4.78 is 5.59. The third kappa shape index (κ3) is 3.53. The highest BCUT2D eigenvalue weighted by atomic mass is 16.5. The molecule has 0 saturated heterocycles. The zero-order valence-electron chi connectivity index (χ0n) is 13.5. The molecule has 1 aliphatic rings. The molecule has 124 valence electrons. The Kier molecular flexibility index (Phi) is 4.74. The lowest BCUT2D eigenvalue weighted by Crippen LogP contribution is -2.41. The summed E-state index contributed by atoms with van der Waals surface area (Å²) in [6, 6.07) is 11.0. The molecule has 2 aromatic rings. The molecule has 0 atom stereocenters. The number of nitrogens with zero attached hydrogens (tertiary/aromatic N) is 3. The van der Waals surface area contributed by atoms with Crippen molar-refractivity contribution in [3.8, 4) is 5.75 Å². The predicted molar refractivity (Wildman–Crippen MR) is 89.6 cm³/mol. The number of benzene rings is 1. The molecule has 2 heterocycles. The Hall–Kier alpha value is -2.89. The Balaban J connectivity index is 1.74. The van der Waals surface area contributed by atoms with Gasteiger partial charge < -0.3 is 9.64 Å². The van der Waals surface area contributed by atoms with Crippen LogP contribution in [0.2, 0.25) is 0 Å². The highest BCUT2D eigenvalue weighted by Crippen LogP contribution is 2.30. The molecular weight excluding hydrogens is 306 g/mol. The van der Waals surface area contributed by atoms with Crippen molar-refractivity contribution >= 4 is 17.5 Å². The quantitative estimate of drug-likeness (QED) is 0.861. The molecule has 24 heavy (non-hydrogen) atoms. The lowest BCUT2D eigenvalue weighted by molar-refractivity contribution is -0.130. The summed E-state index contributed by atoms with van der Waals surface area (Å²) >= 11 is 0. The van der Waals surface area contributed by atoms with Crippen LogP contribution in [0.5, 0.6) is 5.75 Å². The molecule has 0 bridgehead atoms. The van der Waals surface area contributed by atoms with Crippen molar-refractivity contribution in [3.63, 3.8) is 0 Å². The Morgan fingerprint density at radius 2 is 2.12 bits per heavy atom. The minimum absolute atomic E-state index is 0.00400. The van der Waals surface area contributed by atoms with E-state index in [1.54, 1.807) is 30.4 Å². The average Bonchev–Trinajstić information content (AvgIpc) is 2.75. The van der Waals surface area contributed by atoms with Crippen molar-refractivity contribution < 1.29 is 14.3 Å². The fourth-order valence-corrected chi connectivity index (χ4v) is 2.60. The number of ether oxygens (including phenoxy) is 1. The van der Waals surface area contributed by atoms with Gasteiger partial charge in [0.05, 0.1) is 18.7 Å². The summed E-state index contributed by atoms with van der Waals surface area (Å²) in [4.78, 5) is 32.1. The number of anilines is 1. The fraction of sp³-hybridized carbons (Fsp3) is 0.278. The number of carbonyl (C=O) groups excluding carboxylic acids is 2. The van der Waals surface area contributed by atoms with Crippen LogP contribution < -0.4 is 9.64 Å². The van der Waals surface area contributed by atoms with Crippen molar-refractivity contribution in [1.29, 1.82) is 0 Å². The van der Waals surface area contributed by atoms with Crippen LogP contribution in [0.4, 0.5) is 5.69 Å². The van der Waals surface area contributed by atoms with Crippen LogP contribution in [0.3, 0.4) is 0 Å². The third-order valence-electron chi connectivity index (χ3n) is 3.89. The number of aromatic nitrogens is 1. The van der Waals surface area contributed by atoms with E-state index < -0.39 is 0 Å². The summed E-state index contributed by atoms with van der Waals surface area (Å²) in [5.74, 6) is 0.387. The molecule has 0 aliphatic carbocycles. The van der Waals surface area contributed by atoms with Crippen molar-refractivity contribution in [2.24, 2.45) is 0 Å². The van der Waals surface area contributed by atoms with Crippen molar-refractivity contribution in [2.45, 2.75) is 13.0 Å². The van der Waals surface area contributed by atoms with E-state index in [4.69, 9.17) is 4.74 Å². The molecule has 1 aromatic carbocycles. The summed E-state index contributed by atoms with van der Waals surface area (Å²) in [5.41, 5.74) is 1.59. The fourth-order valence-electron chi connectivity index (χ4n) is 2.60. The zero-order valence-corrected chi connectivity index (χ0v) is 13.5. The first-order valence-corrected chi connectivity index (χ1v) is 7.80. The van der Waals surface area contributed by atoms with E-state index in [-0.39, 0.29) is 24.8 Å². The molecular formula is C18H19N3O3. The van der Waals surface area contributed by atoms with Crippen LogP contribution in [0, 0.1) is 0 Å². The van der Waals surface area contributed by atoms with E-state index in [9.17, 15) is 9.59 Å². The van der Waals surface area contributed by atoms with Crippen LogP contribution in [0.25, 0.3) is 0 Å². The van der Waals surface area contributed by atoms with Gasteiger partial charge >= 0.3 is 0 Å². The lowest BCUT2D eigenvalue weighted by Gasteiger charge is -2.24. The number of carbonyl (C=O) groups is 2. The highest BCUT2D eigenvalue weighted by molar-refractivity contribution is 6.00. The van der Waals surface area contributed by atoms with Gasteiger partial charge in [-0.25, -0.2) is 0 Å². The Morgan fingerprint density at radius 1 is 1.29 bits per heavy atom. The smallest absolute Gasteiger partial charge is 0.242 e. The second kappa shape index (κ2) is 7.12. The third-order valence-corrected chi connectivity index (χ3v) is 3.89. The van der Waals surface area contributed by atoms with Crippen LogP contribution in [-0.4, -0.2) is 41.9 Å². The van der Waals surface area contributed by atoms with Crippen LogP contribution in [0.15, 0.2) is 48.8 Å². The molecule has 0 saturated carbocycles. The molecule has 1 aliphatic heterocycles. The first kappa shape index (κ1) is 16.0. The van der Waals surface area contributed by atoms with E-state index in [1.807, 2.05) is 30.3 Å². The predicted octanol–water partition coefficient (Wildman–Crippen LogP) is 1.86. The number of hydrogen-bond donors (Lipinski definition) is 0. The van der Waals surface area contributed by atoms with Gasteiger partial charge in [-0.3, -0.25) is 19.5 Å². The highest BCUT2D eigenvalue weighted by Gasteiger charge is 2.26. The van der Waals surface area contributed by atoms with E-state index >= 15 is 0 Å². The van der Waals surface area contributed by atoms with Gasteiger partial charge in [-0.05, 0) is 23.8 Å². The van der Waals surface area contributed by atoms with E-state index in [1.165, 1.54) is 4.90 Å². The lowest BCUT2D eigenvalue weighted by atomic mass is 10.2. The second-order valence-corrected chi connectivity index (χ2v) is 5.66. The van der Waals surface area contributed by atoms with Crippen LogP contribution in [-0.2, 0) is 16.1 Å². The Morgan fingerprint density at radius 3 is 2.92 bits per heavy atom. The van der Waals surface area contributed by atoms with Gasteiger partial charge in [-0.15, -0.1) is 0 Å². The minimum Gasteiger partial charge on any atom is -0.491 e. The van der Waals surface area contributed by atoms with Gasteiger partial charge in [-0.1, -0.05) is 18.2 Å². The van der Waals surface area contributed by atoms with E-state index in [0.29, 0.717) is 24.6 Å².